The molecule has 1 fully saturated rings. The van der Waals surface area contributed by atoms with Gasteiger partial charge in [-0.2, -0.15) is 0 Å². The van der Waals surface area contributed by atoms with Gasteiger partial charge < -0.3 is 5.32 Å². The Bertz CT molecular complexity index is 374. The second-order valence-electron chi connectivity index (χ2n) is 4.29. The van der Waals surface area contributed by atoms with Gasteiger partial charge in [0, 0.05) is 6.04 Å². The molecule has 0 aromatic carbocycles. The molecule has 6 heteroatoms. The standard InChI is InChI=1S/C10H14ClN3OS/c1-6-2-4-7(5-3-6)12-8(15)9-13-14-10(11)16-9/h6-7H,2-5H2,1H3,(H,12,15). The number of rotatable bonds is 2. The summed E-state index contributed by atoms with van der Waals surface area (Å²) >= 11 is 6.75. The van der Waals surface area contributed by atoms with Gasteiger partial charge in [-0.05, 0) is 43.2 Å². The molecule has 0 spiro atoms. The molecule has 1 aliphatic carbocycles. The first-order valence-electron chi connectivity index (χ1n) is 5.45. The molecule has 1 amide bonds. The van der Waals surface area contributed by atoms with Crippen molar-refractivity contribution in [3.63, 3.8) is 0 Å². The predicted octanol–water partition coefficient (Wildman–Crippen LogP) is 2.50. The van der Waals surface area contributed by atoms with Crippen molar-refractivity contribution in [3.05, 3.63) is 9.47 Å². The Hall–Kier alpha value is -0.680. The van der Waals surface area contributed by atoms with Gasteiger partial charge in [-0.1, -0.05) is 18.3 Å². The molecule has 16 heavy (non-hydrogen) atoms. The fraction of sp³-hybridized carbons (Fsp3) is 0.700. The van der Waals surface area contributed by atoms with Crippen molar-refractivity contribution in [2.75, 3.05) is 0 Å². The highest BCUT2D eigenvalue weighted by Gasteiger charge is 2.21. The summed E-state index contributed by atoms with van der Waals surface area (Å²) in [6.07, 6.45) is 4.47. The molecule has 1 aliphatic rings. The van der Waals surface area contributed by atoms with E-state index in [2.05, 4.69) is 22.4 Å². The van der Waals surface area contributed by atoms with Crippen LogP contribution in [0.3, 0.4) is 0 Å². The van der Waals surface area contributed by atoms with Crippen molar-refractivity contribution in [2.45, 2.75) is 38.6 Å². The summed E-state index contributed by atoms with van der Waals surface area (Å²) in [6, 6.07) is 0.284. The molecule has 88 valence electrons. The third-order valence-corrected chi connectivity index (χ3v) is 3.96. The van der Waals surface area contributed by atoms with Crippen LogP contribution in [0.1, 0.15) is 42.4 Å². The van der Waals surface area contributed by atoms with Gasteiger partial charge in [0.05, 0.1) is 0 Å². The van der Waals surface area contributed by atoms with Crippen LogP contribution in [0.15, 0.2) is 0 Å². The first-order chi connectivity index (χ1) is 7.65. The van der Waals surface area contributed by atoms with Gasteiger partial charge in [-0.25, -0.2) is 0 Å². The summed E-state index contributed by atoms with van der Waals surface area (Å²) in [5.41, 5.74) is 0. The maximum Gasteiger partial charge on any atom is 0.282 e. The molecule has 0 bridgehead atoms. The Labute approximate surface area is 103 Å². The summed E-state index contributed by atoms with van der Waals surface area (Å²) in [4.78, 5) is 11.7. The third kappa shape index (κ3) is 2.92. The van der Waals surface area contributed by atoms with Crippen LogP contribution in [0, 0.1) is 5.92 Å². The highest BCUT2D eigenvalue weighted by molar-refractivity contribution is 7.17. The highest BCUT2D eigenvalue weighted by Crippen LogP contribution is 2.24. The maximum absolute atomic E-state index is 11.7. The van der Waals surface area contributed by atoms with E-state index in [1.54, 1.807) is 0 Å². The minimum atomic E-state index is -0.149. The first-order valence-corrected chi connectivity index (χ1v) is 6.64. The van der Waals surface area contributed by atoms with E-state index in [4.69, 9.17) is 11.6 Å². The molecule has 4 nitrogen and oxygen atoms in total. The van der Waals surface area contributed by atoms with Gasteiger partial charge in [0.2, 0.25) is 9.47 Å². The van der Waals surface area contributed by atoms with Gasteiger partial charge in [0.15, 0.2) is 0 Å². The minimum absolute atomic E-state index is 0.149. The lowest BCUT2D eigenvalue weighted by Crippen LogP contribution is -2.37. The fourth-order valence-electron chi connectivity index (χ4n) is 1.95. The van der Waals surface area contributed by atoms with Gasteiger partial charge in [-0.3, -0.25) is 4.79 Å². The lowest BCUT2D eigenvalue weighted by Gasteiger charge is -2.26. The Morgan fingerprint density at radius 2 is 2.06 bits per heavy atom. The molecule has 1 heterocycles. The quantitative estimate of drug-likeness (QED) is 0.888. The molecule has 2 rings (SSSR count). The van der Waals surface area contributed by atoms with E-state index in [9.17, 15) is 4.79 Å². The predicted molar refractivity (Wildman–Crippen MR) is 63.8 cm³/mol. The zero-order chi connectivity index (χ0) is 11.5. The molecule has 1 aromatic heterocycles. The Balaban J connectivity index is 1.88. The van der Waals surface area contributed by atoms with Crippen LogP contribution in [0.5, 0.6) is 0 Å². The highest BCUT2D eigenvalue weighted by atomic mass is 35.5. The van der Waals surface area contributed by atoms with Crippen molar-refractivity contribution in [2.24, 2.45) is 5.92 Å². The van der Waals surface area contributed by atoms with Gasteiger partial charge in [-0.15, -0.1) is 10.2 Å². The number of nitrogens with zero attached hydrogens (tertiary/aromatic N) is 2. The average Bonchev–Trinajstić information content (AvgIpc) is 2.68. The molecular weight excluding hydrogens is 246 g/mol. The lowest BCUT2D eigenvalue weighted by molar-refractivity contribution is 0.0922. The van der Waals surface area contributed by atoms with E-state index < -0.39 is 0 Å². The van der Waals surface area contributed by atoms with Crippen LogP contribution in [0.25, 0.3) is 0 Å². The monoisotopic (exact) mass is 259 g/mol. The van der Waals surface area contributed by atoms with Crippen molar-refractivity contribution in [1.29, 1.82) is 0 Å². The van der Waals surface area contributed by atoms with Crippen molar-refractivity contribution < 1.29 is 4.79 Å². The molecule has 0 aliphatic heterocycles. The number of hydrogen-bond donors (Lipinski definition) is 1. The smallest absolute Gasteiger partial charge is 0.282 e. The molecule has 0 saturated heterocycles. The molecule has 0 unspecified atom stereocenters. The number of nitrogens with one attached hydrogen (secondary N) is 1. The van der Waals surface area contributed by atoms with Crippen molar-refractivity contribution in [3.8, 4) is 0 Å². The van der Waals surface area contributed by atoms with Crippen LogP contribution in [-0.4, -0.2) is 22.1 Å². The van der Waals surface area contributed by atoms with Gasteiger partial charge >= 0.3 is 0 Å². The number of aromatic nitrogens is 2. The minimum Gasteiger partial charge on any atom is -0.347 e. The zero-order valence-corrected chi connectivity index (χ0v) is 10.6. The third-order valence-electron chi connectivity index (χ3n) is 2.95. The Kier molecular flexibility index (Phi) is 3.76. The summed E-state index contributed by atoms with van der Waals surface area (Å²) in [5, 5.41) is 10.7. The van der Waals surface area contributed by atoms with Crippen molar-refractivity contribution in [1.82, 2.24) is 15.5 Å². The van der Waals surface area contributed by atoms with E-state index in [1.165, 1.54) is 12.8 Å². The molecule has 1 N–H and O–H groups in total. The SMILES string of the molecule is CC1CCC(NC(=O)c2nnc(Cl)s2)CC1. The van der Waals surface area contributed by atoms with E-state index in [1.807, 2.05) is 0 Å². The summed E-state index contributed by atoms with van der Waals surface area (Å²) in [7, 11) is 0. The topological polar surface area (TPSA) is 54.9 Å². The van der Waals surface area contributed by atoms with E-state index in [0.717, 1.165) is 30.1 Å². The zero-order valence-electron chi connectivity index (χ0n) is 9.07. The Morgan fingerprint density at radius 1 is 1.38 bits per heavy atom. The largest absolute Gasteiger partial charge is 0.347 e. The molecular formula is C10H14ClN3OS. The van der Waals surface area contributed by atoms with Gasteiger partial charge in [0.1, 0.15) is 0 Å². The van der Waals surface area contributed by atoms with Crippen LogP contribution in [-0.2, 0) is 0 Å². The number of amides is 1. The van der Waals surface area contributed by atoms with E-state index in [0.29, 0.717) is 9.47 Å². The average molecular weight is 260 g/mol. The van der Waals surface area contributed by atoms with Crippen LogP contribution in [0.4, 0.5) is 0 Å². The fourth-order valence-corrected chi connectivity index (χ4v) is 2.68. The van der Waals surface area contributed by atoms with Crippen LogP contribution >= 0.6 is 22.9 Å². The van der Waals surface area contributed by atoms with E-state index >= 15 is 0 Å². The second-order valence-corrected chi connectivity index (χ2v) is 5.85. The summed E-state index contributed by atoms with van der Waals surface area (Å²) in [6.45, 7) is 2.25. The maximum atomic E-state index is 11.7. The summed E-state index contributed by atoms with van der Waals surface area (Å²) < 4.78 is 0.308. The molecule has 0 radical (unpaired) electrons. The number of carbonyl (C=O) groups excluding carboxylic acids is 1. The molecule has 0 atom stereocenters. The molecule has 1 saturated carbocycles. The summed E-state index contributed by atoms with van der Waals surface area (Å²) in [5.74, 6) is 0.632. The number of carbonyl (C=O) groups is 1. The van der Waals surface area contributed by atoms with Crippen LogP contribution in [0.2, 0.25) is 4.47 Å². The Morgan fingerprint density at radius 3 is 2.62 bits per heavy atom. The normalized spacial score (nSPS) is 25.4. The van der Waals surface area contributed by atoms with Crippen LogP contribution < -0.4 is 5.32 Å². The molecule has 1 aromatic rings. The first kappa shape index (κ1) is 11.8. The second kappa shape index (κ2) is 5.10. The van der Waals surface area contributed by atoms with E-state index in [-0.39, 0.29) is 11.9 Å². The lowest BCUT2D eigenvalue weighted by atomic mass is 9.87. The number of hydrogen-bond acceptors (Lipinski definition) is 4. The van der Waals surface area contributed by atoms with Gasteiger partial charge in [0.25, 0.3) is 5.91 Å². The number of halogens is 1. The van der Waals surface area contributed by atoms with Crippen molar-refractivity contribution >= 4 is 28.8 Å².